The molecule has 10 heteroatoms. The van der Waals surface area contributed by atoms with Gasteiger partial charge in [0.05, 0.1) is 19.8 Å². The largest absolute Gasteiger partial charge is 0.480 e. The summed E-state index contributed by atoms with van der Waals surface area (Å²) in [5.41, 5.74) is 5.38. The van der Waals surface area contributed by atoms with Crippen molar-refractivity contribution < 1.29 is 37.9 Å². The van der Waals surface area contributed by atoms with Crippen LogP contribution in [0.25, 0.3) is 0 Å². The van der Waals surface area contributed by atoms with Gasteiger partial charge in [-0.1, -0.05) is 154 Å². The van der Waals surface area contributed by atoms with E-state index in [1.54, 1.807) is 0 Å². The summed E-state index contributed by atoms with van der Waals surface area (Å²) in [7, 11) is -4.48. The van der Waals surface area contributed by atoms with Gasteiger partial charge < -0.3 is 25.2 Å². The van der Waals surface area contributed by atoms with Crippen molar-refractivity contribution in [1.29, 1.82) is 0 Å². The highest BCUT2D eigenvalue weighted by Gasteiger charge is 2.26. The van der Waals surface area contributed by atoms with E-state index in [2.05, 4.69) is 38.2 Å². The fourth-order valence-electron chi connectivity index (χ4n) is 5.87. The Bertz CT molecular complexity index is 871. The molecule has 0 amide bonds. The third-order valence-electron chi connectivity index (χ3n) is 9.27. The molecule has 3 atom stereocenters. The highest BCUT2D eigenvalue weighted by atomic mass is 31.2. The topological polar surface area (TPSA) is 138 Å². The number of rotatable bonds is 42. The van der Waals surface area contributed by atoms with Gasteiger partial charge in [0.15, 0.2) is 0 Å². The Kier molecular flexibility index (Phi) is 38.8. The summed E-state index contributed by atoms with van der Waals surface area (Å²) in [5.74, 6) is -1.32. The Hall–Kier alpha value is -1.06. The highest BCUT2D eigenvalue weighted by molar-refractivity contribution is 7.47. The summed E-state index contributed by atoms with van der Waals surface area (Å²) in [5, 5.41) is 8.89. The van der Waals surface area contributed by atoms with E-state index in [9.17, 15) is 14.3 Å². The van der Waals surface area contributed by atoms with Crippen molar-refractivity contribution in [3.63, 3.8) is 0 Å². The first-order valence-electron chi connectivity index (χ1n) is 21.4. The second-order valence-electron chi connectivity index (χ2n) is 14.4. The van der Waals surface area contributed by atoms with E-state index in [1.807, 2.05) is 0 Å². The van der Waals surface area contributed by atoms with Crippen LogP contribution in [0.4, 0.5) is 0 Å². The minimum atomic E-state index is -4.48. The maximum atomic E-state index is 12.3. The minimum Gasteiger partial charge on any atom is -0.480 e. The number of unbranched alkanes of at least 4 members (excludes halogenated alkanes) is 24. The van der Waals surface area contributed by atoms with Crippen molar-refractivity contribution in [2.45, 2.75) is 206 Å². The van der Waals surface area contributed by atoms with Crippen molar-refractivity contribution in [3.8, 4) is 0 Å². The lowest BCUT2D eigenvalue weighted by Gasteiger charge is -2.20. The number of carboxylic acids is 1. The van der Waals surface area contributed by atoms with Gasteiger partial charge in [0, 0.05) is 13.2 Å². The Morgan fingerprint density at radius 2 is 0.923 bits per heavy atom. The molecule has 0 radical (unpaired) electrons. The lowest BCUT2D eigenvalue weighted by atomic mass is 10.1. The normalized spacial score (nSPS) is 14.4. The van der Waals surface area contributed by atoms with Gasteiger partial charge in [-0.15, -0.1) is 0 Å². The first kappa shape index (κ1) is 50.9. The van der Waals surface area contributed by atoms with Gasteiger partial charge in [-0.3, -0.25) is 13.8 Å². The molecule has 1 unspecified atom stereocenters. The molecule has 4 N–H and O–H groups in total. The van der Waals surface area contributed by atoms with Gasteiger partial charge in [0.2, 0.25) is 0 Å². The van der Waals surface area contributed by atoms with Gasteiger partial charge >= 0.3 is 13.8 Å². The molecule has 0 bridgehead atoms. The zero-order valence-electron chi connectivity index (χ0n) is 33.7. The smallest absolute Gasteiger partial charge is 0.472 e. The standard InChI is InChI=1S/C42H82NO8P/c1-3-5-7-9-11-13-15-17-19-21-23-25-27-29-31-33-35-48-37-40(38-50-52(46,47)51-39-41(43)42(44)45)49-36-34-32-30-28-26-24-22-20-18-16-14-12-10-8-6-4-2/h17-20,40-41H,3-16,21-39,43H2,1-2H3,(H,44,45)(H,46,47)/t40-,41+/m1/s1. The number of carboxylic acid groups (broad SMARTS) is 1. The predicted molar refractivity (Wildman–Crippen MR) is 217 cm³/mol. The molecular weight excluding hydrogens is 677 g/mol. The molecule has 0 aliphatic carbocycles. The van der Waals surface area contributed by atoms with Crippen LogP contribution in [0.1, 0.15) is 194 Å². The minimum absolute atomic E-state index is 0.199. The molecule has 308 valence electrons. The summed E-state index contributed by atoms with van der Waals surface area (Å²) in [4.78, 5) is 20.9. The van der Waals surface area contributed by atoms with Crippen molar-refractivity contribution in [2.24, 2.45) is 5.73 Å². The number of nitrogens with two attached hydrogens (primary N) is 1. The van der Waals surface area contributed by atoms with Crippen LogP contribution in [-0.4, -0.2) is 61.1 Å². The zero-order chi connectivity index (χ0) is 38.2. The Morgan fingerprint density at radius 3 is 1.35 bits per heavy atom. The summed E-state index contributed by atoms with van der Waals surface area (Å²) < 4.78 is 34.0. The summed E-state index contributed by atoms with van der Waals surface area (Å²) >= 11 is 0. The third kappa shape index (κ3) is 38.7. The van der Waals surface area contributed by atoms with Crippen LogP contribution in [0, 0.1) is 0 Å². The summed E-state index contributed by atoms with van der Waals surface area (Å²) in [6, 6.07) is -1.41. The van der Waals surface area contributed by atoms with Crippen LogP contribution in [0.15, 0.2) is 24.3 Å². The molecule has 0 aliphatic heterocycles. The molecule has 0 saturated heterocycles. The fourth-order valence-corrected chi connectivity index (χ4v) is 6.65. The number of hydrogen-bond donors (Lipinski definition) is 3. The zero-order valence-corrected chi connectivity index (χ0v) is 34.6. The Balaban J connectivity index is 4.13. The van der Waals surface area contributed by atoms with E-state index in [0.717, 1.165) is 32.1 Å². The van der Waals surface area contributed by atoms with Gasteiger partial charge in [-0.25, -0.2) is 4.57 Å². The lowest BCUT2D eigenvalue weighted by Crippen LogP contribution is -2.34. The molecule has 0 rings (SSSR count). The molecule has 0 heterocycles. The van der Waals surface area contributed by atoms with E-state index < -0.39 is 32.5 Å². The van der Waals surface area contributed by atoms with Crippen LogP contribution in [0.2, 0.25) is 0 Å². The first-order valence-corrected chi connectivity index (χ1v) is 22.9. The van der Waals surface area contributed by atoms with Crippen LogP contribution >= 0.6 is 7.82 Å². The number of allylic oxidation sites excluding steroid dienone is 4. The van der Waals surface area contributed by atoms with Gasteiger partial charge in [-0.05, 0) is 64.2 Å². The molecule has 0 aliphatic rings. The third-order valence-corrected chi connectivity index (χ3v) is 10.2. The number of hydrogen-bond acceptors (Lipinski definition) is 7. The molecule has 0 aromatic rings. The number of aliphatic carboxylic acids is 1. The average molecular weight is 760 g/mol. The molecule has 0 fully saturated rings. The van der Waals surface area contributed by atoms with Crippen molar-refractivity contribution in [2.75, 3.05) is 33.0 Å². The molecule has 9 nitrogen and oxygen atoms in total. The van der Waals surface area contributed by atoms with Crippen molar-refractivity contribution >= 4 is 13.8 Å². The maximum Gasteiger partial charge on any atom is 0.472 e. The summed E-state index contributed by atoms with van der Waals surface area (Å²) in [6.45, 7) is 5.03. The van der Waals surface area contributed by atoms with Crippen LogP contribution < -0.4 is 5.73 Å². The highest BCUT2D eigenvalue weighted by Crippen LogP contribution is 2.43. The number of phosphoric acid groups is 1. The van der Waals surface area contributed by atoms with Crippen LogP contribution in [0.5, 0.6) is 0 Å². The number of phosphoric ester groups is 1. The molecule has 0 spiro atoms. The molecule has 0 aromatic carbocycles. The Morgan fingerprint density at radius 1 is 0.558 bits per heavy atom. The second kappa shape index (κ2) is 39.6. The van der Waals surface area contributed by atoms with E-state index in [4.69, 9.17) is 29.4 Å². The number of carbonyl (C=O) groups is 1. The van der Waals surface area contributed by atoms with E-state index in [-0.39, 0.29) is 13.2 Å². The number of ether oxygens (including phenoxy) is 2. The van der Waals surface area contributed by atoms with E-state index in [1.165, 1.54) is 148 Å². The molecule has 0 saturated carbocycles. The van der Waals surface area contributed by atoms with Gasteiger partial charge in [0.25, 0.3) is 0 Å². The van der Waals surface area contributed by atoms with E-state index in [0.29, 0.717) is 13.2 Å². The summed E-state index contributed by atoms with van der Waals surface area (Å²) in [6.07, 6.45) is 43.7. The second-order valence-corrected chi connectivity index (χ2v) is 15.9. The quantitative estimate of drug-likeness (QED) is 0.0315. The van der Waals surface area contributed by atoms with Gasteiger partial charge in [0.1, 0.15) is 12.1 Å². The van der Waals surface area contributed by atoms with Crippen molar-refractivity contribution in [1.82, 2.24) is 0 Å². The molecular formula is C42H82NO8P. The van der Waals surface area contributed by atoms with E-state index >= 15 is 0 Å². The Labute approximate surface area is 319 Å². The maximum absolute atomic E-state index is 12.3. The first-order chi connectivity index (χ1) is 25.3. The molecule has 0 aromatic heterocycles. The molecule has 52 heavy (non-hydrogen) atoms. The average Bonchev–Trinajstić information content (AvgIpc) is 3.13. The van der Waals surface area contributed by atoms with Crippen LogP contribution in [0.3, 0.4) is 0 Å². The van der Waals surface area contributed by atoms with Crippen molar-refractivity contribution in [3.05, 3.63) is 24.3 Å². The monoisotopic (exact) mass is 760 g/mol. The lowest BCUT2D eigenvalue weighted by molar-refractivity contribution is -0.139. The van der Waals surface area contributed by atoms with Crippen LogP contribution in [-0.2, 0) is 27.9 Å². The SMILES string of the molecule is CCCCCCCCC=CCCCCCCCCOC[C@H](COP(=O)(O)OC[C@H](N)C(=O)O)OCCCCCCCCC=CCCCCCCCC. The van der Waals surface area contributed by atoms with Gasteiger partial charge in [-0.2, -0.15) is 0 Å². The fraction of sp³-hybridized carbons (Fsp3) is 0.881. The predicted octanol–water partition coefficient (Wildman–Crippen LogP) is 12.0.